The summed E-state index contributed by atoms with van der Waals surface area (Å²) in [4.78, 5) is 4.42. The highest BCUT2D eigenvalue weighted by atomic mass is 32.2. The fourth-order valence-electron chi connectivity index (χ4n) is 2.08. The third-order valence-electron chi connectivity index (χ3n) is 3.03. The van der Waals surface area contributed by atoms with Gasteiger partial charge in [0.05, 0.1) is 11.7 Å². The van der Waals surface area contributed by atoms with E-state index >= 15 is 0 Å². The van der Waals surface area contributed by atoms with Crippen LogP contribution in [0.5, 0.6) is 5.75 Å². The summed E-state index contributed by atoms with van der Waals surface area (Å²) in [6, 6.07) is 7.22. The minimum absolute atomic E-state index is 0.271. The Bertz CT molecular complexity index is 535. The van der Waals surface area contributed by atoms with Crippen LogP contribution in [0.3, 0.4) is 0 Å². The number of phenols is 1. The van der Waals surface area contributed by atoms with Crippen molar-refractivity contribution < 1.29 is 9.63 Å². The molecule has 3 rings (SSSR count). The van der Waals surface area contributed by atoms with Crippen molar-refractivity contribution in [1.82, 2.24) is 10.1 Å². The molecule has 0 spiro atoms. The molecule has 1 aromatic heterocycles. The lowest BCUT2D eigenvalue weighted by Crippen LogP contribution is -1.93. The van der Waals surface area contributed by atoms with E-state index in [1.54, 1.807) is 12.1 Å². The van der Waals surface area contributed by atoms with Gasteiger partial charge in [0.1, 0.15) is 5.75 Å². The van der Waals surface area contributed by atoms with Crippen molar-refractivity contribution in [2.75, 3.05) is 5.75 Å². The van der Waals surface area contributed by atoms with Crippen LogP contribution in [-0.2, 0) is 6.42 Å². The highest BCUT2D eigenvalue weighted by molar-refractivity contribution is 7.99. The molecule has 94 valence electrons. The number of aromatic hydroxyl groups is 1. The number of hydrogen-bond acceptors (Lipinski definition) is 5. The van der Waals surface area contributed by atoms with E-state index in [0.29, 0.717) is 17.6 Å². The van der Waals surface area contributed by atoms with Crippen molar-refractivity contribution >= 4 is 11.8 Å². The molecule has 2 heterocycles. The first-order chi connectivity index (χ1) is 8.83. The molecule has 2 aromatic rings. The van der Waals surface area contributed by atoms with E-state index in [0.717, 1.165) is 17.8 Å². The summed E-state index contributed by atoms with van der Waals surface area (Å²) >= 11 is 1.88. The van der Waals surface area contributed by atoms with Crippen LogP contribution in [0, 0.1) is 0 Å². The third-order valence-corrected chi connectivity index (χ3v) is 4.41. The average Bonchev–Trinajstić information content (AvgIpc) is 3.02. The number of rotatable bonds is 3. The Morgan fingerprint density at radius 3 is 3.06 bits per heavy atom. The van der Waals surface area contributed by atoms with Gasteiger partial charge in [-0.25, -0.2) is 0 Å². The van der Waals surface area contributed by atoms with Crippen LogP contribution in [-0.4, -0.2) is 21.0 Å². The van der Waals surface area contributed by atoms with Gasteiger partial charge in [-0.2, -0.15) is 16.7 Å². The zero-order valence-corrected chi connectivity index (χ0v) is 10.7. The first-order valence-electron chi connectivity index (χ1n) is 6.04. The van der Waals surface area contributed by atoms with E-state index < -0.39 is 0 Å². The minimum atomic E-state index is 0.271. The number of thioether (sulfide) groups is 1. The second-order valence-corrected chi connectivity index (χ2v) is 5.66. The molecule has 0 aliphatic carbocycles. The van der Waals surface area contributed by atoms with Crippen molar-refractivity contribution in [3.05, 3.63) is 41.5 Å². The summed E-state index contributed by atoms with van der Waals surface area (Å²) in [5.74, 6) is 2.81. The quantitative estimate of drug-likeness (QED) is 0.921. The molecule has 0 bridgehead atoms. The van der Waals surface area contributed by atoms with Gasteiger partial charge in [0, 0.05) is 5.56 Å². The molecule has 5 heteroatoms. The van der Waals surface area contributed by atoms with Crippen LogP contribution in [0.1, 0.15) is 35.4 Å². The normalized spacial score (nSPS) is 19.2. The number of nitrogens with zero attached hydrogens (tertiary/aromatic N) is 2. The molecule has 1 atom stereocenters. The van der Waals surface area contributed by atoms with Crippen molar-refractivity contribution in [1.29, 1.82) is 0 Å². The Morgan fingerprint density at radius 1 is 1.39 bits per heavy atom. The summed E-state index contributed by atoms with van der Waals surface area (Å²) in [5.41, 5.74) is 0.812. The lowest BCUT2D eigenvalue weighted by Gasteiger charge is -2.00. The molecule has 1 aromatic carbocycles. The molecule has 1 fully saturated rings. The van der Waals surface area contributed by atoms with Gasteiger partial charge in [-0.3, -0.25) is 0 Å². The molecular formula is C13H14N2O2S. The van der Waals surface area contributed by atoms with Gasteiger partial charge < -0.3 is 9.63 Å². The van der Waals surface area contributed by atoms with E-state index in [1.165, 1.54) is 12.2 Å². The number of benzene rings is 1. The van der Waals surface area contributed by atoms with Crippen molar-refractivity contribution in [2.45, 2.75) is 24.5 Å². The van der Waals surface area contributed by atoms with Crippen molar-refractivity contribution in [3.63, 3.8) is 0 Å². The largest absolute Gasteiger partial charge is 0.508 e. The first-order valence-corrected chi connectivity index (χ1v) is 7.09. The average molecular weight is 262 g/mol. The second kappa shape index (κ2) is 5.02. The summed E-state index contributed by atoms with van der Waals surface area (Å²) in [6.45, 7) is 0. The number of aromatic nitrogens is 2. The fraction of sp³-hybridized carbons (Fsp3) is 0.385. The Hall–Kier alpha value is -1.49. The Balaban J connectivity index is 1.75. The molecule has 0 radical (unpaired) electrons. The van der Waals surface area contributed by atoms with Crippen LogP contribution in [0.2, 0.25) is 0 Å². The maximum Gasteiger partial charge on any atom is 0.231 e. The van der Waals surface area contributed by atoms with E-state index in [2.05, 4.69) is 10.1 Å². The molecule has 1 unspecified atom stereocenters. The Labute approximate surface area is 109 Å². The summed E-state index contributed by atoms with van der Waals surface area (Å²) in [6.07, 6.45) is 2.83. The maximum atomic E-state index is 9.70. The SMILES string of the molecule is Oc1ccccc1Cc1nc(C2CCCS2)no1. The zero-order valence-electron chi connectivity index (χ0n) is 9.87. The molecular weight excluding hydrogens is 248 g/mol. The first kappa shape index (κ1) is 11.6. The molecule has 0 saturated carbocycles. The predicted molar refractivity (Wildman–Crippen MR) is 69.6 cm³/mol. The smallest absolute Gasteiger partial charge is 0.231 e. The lowest BCUT2D eigenvalue weighted by molar-refractivity contribution is 0.376. The van der Waals surface area contributed by atoms with Gasteiger partial charge in [0.25, 0.3) is 0 Å². The van der Waals surface area contributed by atoms with Crippen LogP contribution < -0.4 is 0 Å². The van der Waals surface area contributed by atoms with Gasteiger partial charge in [0.15, 0.2) is 5.82 Å². The highest BCUT2D eigenvalue weighted by Gasteiger charge is 2.23. The number of para-hydroxylation sites is 1. The molecule has 4 nitrogen and oxygen atoms in total. The summed E-state index contributed by atoms with van der Waals surface area (Å²) in [5, 5.41) is 14.1. The standard InChI is InChI=1S/C13H14N2O2S/c16-10-5-2-1-4-9(10)8-12-14-13(15-17-12)11-6-3-7-18-11/h1-2,4-5,11,16H,3,6-8H2. The molecule has 1 saturated heterocycles. The highest BCUT2D eigenvalue weighted by Crippen LogP contribution is 2.38. The van der Waals surface area contributed by atoms with E-state index in [4.69, 9.17) is 4.52 Å². The molecule has 1 aliphatic heterocycles. The van der Waals surface area contributed by atoms with Gasteiger partial charge in [0.2, 0.25) is 5.89 Å². The Morgan fingerprint density at radius 2 is 2.28 bits per heavy atom. The van der Waals surface area contributed by atoms with E-state index in [1.807, 2.05) is 23.9 Å². The monoisotopic (exact) mass is 262 g/mol. The fourth-order valence-corrected chi connectivity index (χ4v) is 3.27. The predicted octanol–water partition coefficient (Wildman–Crippen LogP) is 2.93. The van der Waals surface area contributed by atoms with Crippen molar-refractivity contribution in [3.8, 4) is 5.75 Å². The molecule has 0 amide bonds. The molecule has 18 heavy (non-hydrogen) atoms. The van der Waals surface area contributed by atoms with Gasteiger partial charge in [-0.15, -0.1) is 0 Å². The van der Waals surface area contributed by atoms with Crippen LogP contribution in [0.4, 0.5) is 0 Å². The van der Waals surface area contributed by atoms with Crippen LogP contribution in [0.15, 0.2) is 28.8 Å². The number of phenolic OH excluding ortho intramolecular Hbond substituents is 1. The van der Waals surface area contributed by atoms with E-state index in [9.17, 15) is 5.11 Å². The van der Waals surface area contributed by atoms with E-state index in [-0.39, 0.29) is 5.75 Å². The van der Waals surface area contributed by atoms with Crippen LogP contribution >= 0.6 is 11.8 Å². The Kier molecular flexibility index (Phi) is 3.23. The van der Waals surface area contributed by atoms with Gasteiger partial charge in [-0.05, 0) is 24.7 Å². The third kappa shape index (κ3) is 2.36. The van der Waals surface area contributed by atoms with Crippen LogP contribution in [0.25, 0.3) is 0 Å². The topological polar surface area (TPSA) is 59.2 Å². The number of hydrogen-bond donors (Lipinski definition) is 1. The summed E-state index contributed by atoms with van der Waals surface area (Å²) < 4.78 is 5.25. The minimum Gasteiger partial charge on any atom is -0.508 e. The van der Waals surface area contributed by atoms with Gasteiger partial charge in [-0.1, -0.05) is 23.4 Å². The zero-order chi connectivity index (χ0) is 12.4. The second-order valence-electron chi connectivity index (χ2n) is 4.35. The maximum absolute atomic E-state index is 9.70. The summed E-state index contributed by atoms with van der Waals surface area (Å²) in [7, 11) is 0. The lowest BCUT2D eigenvalue weighted by atomic mass is 10.1. The van der Waals surface area contributed by atoms with Crippen molar-refractivity contribution in [2.24, 2.45) is 0 Å². The molecule has 1 aliphatic rings. The van der Waals surface area contributed by atoms with Gasteiger partial charge >= 0.3 is 0 Å². The molecule has 1 N–H and O–H groups in total.